The molecule has 6 nitrogen and oxygen atoms in total. The molecule has 0 spiro atoms. The number of nitrogens with two attached hydrogens (primary N) is 1. The normalized spacial score (nSPS) is 9.53. The largest absolute Gasteiger partial charge is 0.506 e. The van der Waals surface area contributed by atoms with Crippen LogP contribution in [0.3, 0.4) is 0 Å². The standard InChI is InChI=1S/C7H6N2O2.C4H6N2/c1-4-5(3-8)6(10)2-7(11)9-4;1-4(6)2-3-5/h2H,1H3,(H2,9,10,11);2H,6H2,1H3/b;4-2+. The van der Waals surface area contributed by atoms with E-state index in [2.05, 4.69) is 4.98 Å². The molecule has 0 amide bonds. The number of allylic oxidation sites excluding steroid dienone is 2. The SMILES string of the molecule is C/C(N)=C\C#N.Cc1[nH]c(=O)cc(O)c1C#N. The number of pyridine rings is 1. The van der Waals surface area contributed by atoms with Gasteiger partial charge in [-0.1, -0.05) is 0 Å². The van der Waals surface area contributed by atoms with Gasteiger partial charge in [0.25, 0.3) is 5.56 Å². The van der Waals surface area contributed by atoms with E-state index >= 15 is 0 Å². The molecule has 4 N–H and O–H groups in total. The molecular weight excluding hydrogens is 220 g/mol. The first-order chi connectivity index (χ1) is 7.92. The number of nitrogens with zero attached hydrogens (tertiary/aromatic N) is 2. The molecule has 17 heavy (non-hydrogen) atoms. The summed E-state index contributed by atoms with van der Waals surface area (Å²) in [4.78, 5) is 13.0. The zero-order chi connectivity index (χ0) is 13.4. The number of H-pyrrole nitrogens is 1. The zero-order valence-corrected chi connectivity index (χ0v) is 9.48. The van der Waals surface area contributed by atoms with Crippen LogP contribution in [0.5, 0.6) is 5.75 Å². The molecule has 0 saturated carbocycles. The van der Waals surface area contributed by atoms with Gasteiger partial charge in [0.05, 0.1) is 6.07 Å². The third-order valence-corrected chi connectivity index (χ3v) is 1.61. The maximum Gasteiger partial charge on any atom is 0.251 e. The number of nitriles is 2. The highest BCUT2D eigenvalue weighted by Gasteiger charge is 2.04. The van der Waals surface area contributed by atoms with E-state index in [4.69, 9.17) is 21.4 Å². The lowest BCUT2D eigenvalue weighted by Crippen LogP contribution is -2.06. The van der Waals surface area contributed by atoms with Gasteiger partial charge in [-0.25, -0.2) is 0 Å². The molecule has 0 aliphatic rings. The van der Waals surface area contributed by atoms with Crippen molar-refractivity contribution in [1.82, 2.24) is 4.98 Å². The molecular formula is C11H12N4O2. The van der Waals surface area contributed by atoms with E-state index in [1.54, 1.807) is 26.0 Å². The molecule has 0 saturated heterocycles. The monoisotopic (exact) mass is 232 g/mol. The fraction of sp³-hybridized carbons (Fsp3) is 0.182. The fourth-order valence-corrected chi connectivity index (χ4v) is 0.915. The van der Waals surface area contributed by atoms with E-state index in [1.165, 1.54) is 6.08 Å². The maximum absolute atomic E-state index is 10.7. The van der Waals surface area contributed by atoms with Gasteiger partial charge in [0.1, 0.15) is 17.4 Å². The molecule has 6 heteroatoms. The number of aryl methyl sites for hydroxylation is 1. The van der Waals surface area contributed by atoms with Crippen molar-refractivity contribution in [2.24, 2.45) is 5.73 Å². The van der Waals surface area contributed by atoms with Gasteiger partial charge in [-0.15, -0.1) is 0 Å². The average Bonchev–Trinajstić information content (AvgIpc) is 2.17. The van der Waals surface area contributed by atoms with E-state index in [0.717, 1.165) is 6.07 Å². The van der Waals surface area contributed by atoms with E-state index in [0.29, 0.717) is 11.4 Å². The molecule has 88 valence electrons. The van der Waals surface area contributed by atoms with Gasteiger partial charge in [-0.3, -0.25) is 4.79 Å². The molecule has 0 aliphatic carbocycles. The summed E-state index contributed by atoms with van der Waals surface area (Å²) < 4.78 is 0. The van der Waals surface area contributed by atoms with Gasteiger partial charge in [0.2, 0.25) is 0 Å². The summed E-state index contributed by atoms with van der Waals surface area (Å²) >= 11 is 0. The lowest BCUT2D eigenvalue weighted by molar-refractivity contribution is 0.471. The second kappa shape index (κ2) is 6.70. The lowest BCUT2D eigenvalue weighted by atomic mass is 10.2. The molecule has 1 aromatic rings. The number of rotatable bonds is 0. The summed E-state index contributed by atoms with van der Waals surface area (Å²) in [6.07, 6.45) is 1.29. The molecule has 0 aliphatic heterocycles. The quantitative estimate of drug-likeness (QED) is 0.565. The number of aromatic nitrogens is 1. The van der Waals surface area contributed by atoms with Crippen molar-refractivity contribution in [3.8, 4) is 17.9 Å². The van der Waals surface area contributed by atoms with E-state index in [9.17, 15) is 4.79 Å². The van der Waals surface area contributed by atoms with Crippen LogP contribution < -0.4 is 11.3 Å². The number of aromatic hydroxyl groups is 1. The van der Waals surface area contributed by atoms with E-state index < -0.39 is 5.56 Å². The van der Waals surface area contributed by atoms with Gasteiger partial charge < -0.3 is 15.8 Å². The number of hydrogen-bond donors (Lipinski definition) is 3. The lowest BCUT2D eigenvalue weighted by Gasteiger charge is -1.97. The third-order valence-electron chi connectivity index (χ3n) is 1.61. The van der Waals surface area contributed by atoms with Gasteiger partial charge in [-0.05, 0) is 13.8 Å². The zero-order valence-electron chi connectivity index (χ0n) is 9.48. The Morgan fingerprint density at radius 3 is 2.47 bits per heavy atom. The Bertz CT molecular complexity index is 528. The first kappa shape index (κ1) is 14.3. The maximum atomic E-state index is 10.7. The molecule has 1 aromatic heterocycles. The summed E-state index contributed by atoms with van der Waals surface area (Å²) in [6, 6.07) is 4.53. The fourth-order valence-electron chi connectivity index (χ4n) is 0.915. The van der Waals surface area contributed by atoms with Crippen molar-refractivity contribution in [3.63, 3.8) is 0 Å². The molecule has 0 bridgehead atoms. The van der Waals surface area contributed by atoms with Crippen LogP contribution in [0.2, 0.25) is 0 Å². The number of nitrogens with one attached hydrogen (secondary N) is 1. The smallest absolute Gasteiger partial charge is 0.251 e. The predicted octanol–water partition coefficient (Wildman–Crippen LogP) is 0.633. The minimum absolute atomic E-state index is 0.115. The Morgan fingerprint density at radius 1 is 1.59 bits per heavy atom. The van der Waals surface area contributed by atoms with Crippen molar-refractivity contribution in [2.75, 3.05) is 0 Å². The van der Waals surface area contributed by atoms with Crippen molar-refractivity contribution in [1.29, 1.82) is 10.5 Å². The molecule has 0 radical (unpaired) electrons. The Balaban J connectivity index is 0.000000366. The summed E-state index contributed by atoms with van der Waals surface area (Å²) in [6.45, 7) is 3.23. The Kier molecular flexibility index (Phi) is 5.62. The van der Waals surface area contributed by atoms with Crippen LogP contribution in [0.1, 0.15) is 18.2 Å². The van der Waals surface area contributed by atoms with Crippen molar-refractivity contribution in [3.05, 3.63) is 39.5 Å². The van der Waals surface area contributed by atoms with Crippen LogP contribution >= 0.6 is 0 Å². The van der Waals surface area contributed by atoms with Crippen molar-refractivity contribution < 1.29 is 5.11 Å². The van der Waals surface area contributed by atoms with Gasteiger partial charge in [0.15, 0.2) is 0 Å². The first-order valence-corrected chi connectivity index (χ1v) is 4.57. The second-order valence-corrected chi connectivity index (χ2v) is 3.15. The topological polar surface area (TPSA) is 127 Å². The highest BCUT2D eigenvalue weighted by atomic mass is 16.3. The molecule has 1 heterocycles. The molecule has 0 atom stereocenters. The first-order valence-electron chi connectivity index (χ1n) is 4.57. The number of aromatic amines is 1. The highest BCUT2D eigenvalue weighted by Crippen LogP contribution is 2.13. The van der Waals surface area contributed by atoms with Gasteiger partial charge in [-0.2, -0.15) is 10.5 Å². The summed E-state index contributed by atoms with van der Waals surface area (Å²) in [5.41, 5.74) is 5.69. The van der Waals surface area contributed by atoms with E-state index in [1.807, 2.05) is 0 Å². The van der Waals surface area contributed by atoms with Crippen LogP contribution in [0.25, 0.3) is 0 Å². The Hall–Kier alpha value is -2.73. The molecule has 1 rings (SSSR count). The summed E-state index contributed by atoms with van der Waals surface area (Å²) in [7, 11) is 0. The van der Waals surface area contributed by atoms with Gasteiger partial charge >= 0.3 is 0 Å². The van der Waals surface area contributed by atoms with Crippen molar-refractivity contribution >= 4 is 0 Å². The molecule has 0 aromatic carbocycles. The van der Waals surface area contributed by atoms with Crippen molar-refractivity contribution in [2.45, 2.75) is 13.8 Å². The second-order valence-electron chi connectivity index (χ2n) is 3.15. The molecule has 0 unspecified atom stereocenters. The van der Waals surface area contributed by atoms with Crippen LogP contribution in [-0.2, 0) is 0 Å². The predicted molar refractivity (Wildman–Crippen MR) is 61.7 cm³/mol. The highest BCUT2D eigenvalue weighted by molar-refractivity contribution is 5.43. The van der Waals surface area contributed by atoms with Crippen LogP contribution in [0, 0.1) is 29.6 Å². The minimum atomic E-state index is -0.404. The average molecular weight is 232 g/mol. The summed E-state index contributed by atoms with van der Waals surface area (Å²) in [5.74, 6) is -0.270. The number of hydrogen-bond acceptors (Lipinski definition) is 5. The van der Waals surface area contributed by atoms with Crippen LogP contribution in [0.4, 0.5) is 0 Å². The minimum Gasteiger partial charge on any atom is -0.506 e. The van der Waals surface area contributed by atoms with Crippen LogP contribution in [-0.4, -0.2) is 10.1 Å². The summed E-state index contributed by atoms with van der Waals surface area (Å²) in [5, 5.41) is 25.3. The van der Waals surface area contributed by atoms with Gasteiger partial charge in [0, 0.05) is 23.5 Å². The Morgan fingerprint density at radius 2 is 2.18 bits per heavy atom. The van der Waals surface area contributed by atoms with Crippen LogP contribution in [0.15, 0.2) is 22.6 Å². The molecule has 0 fully saturated rings. The third kappa shape index (κ3) is 5.05. The van der Waals surface area contributed by atoms with E-state index in [-0.39, 0.29) is 11.3 Å². The Labute approximate surface area is 98.2 Å².